The van der Waals surface area contributed by atoms with Gasteiger partial charge in [-0.1, -0.05) is 174 Å². The van der Waals surface area contributed by atoms with Crippen molar-refractivity contribution in [2.24, 2.45) is 23.7 Å². The second-order valence-electron chi connectivity index (χ2n) is 24.3. The summed E-state index contributed by atoms with van der Waals surface area (Å²) >= 11 is 0. The first-order valence-corrected chi connectivity index (χ1v) is 31.8. The molecule has 4 aromatic carbocycles. The average molecular weight is 1160 g/mol. The fraction of sp³-hybridized carbons (Fsp3) is 0.536. The summed E-state index contributed by atoms with van der Waals surface area (Å²) in [6, 6.07) is 33.1. The first kappa shape index (κ1) is 63.8. The van der Waals surface area contributed by atoms with Crippen molar-refractivity contribution in [2.75, 3.05) is 33.2 Å². The molecule has 85 heavy (non-hydrogen) atoms. The van der Waals surface area contributed by atoms with Crippen molar-refractivity contribution in [3.8, 4) is 0 Å². The van der Waals surface area contributed by atoms with Gasteiger partial charge in [0.1, 0.15) is 36.0 Å². The summed E-state index contributed by atoms with van der Waals surface area (Å²) in [5.41, 5.74) is 3.21. The van der Waals surface area contributed by atoms with E-state index in [0.29, 0.717) is 45.2 Å². The second kappa shape index (κ2) is 31.8. The van der Waals surface area contributed by atoms with Crippen LogP contribution in [0.5, 0.6) is 0 Å². The maximum atomic E-state index is 15.0. The van der Waals surface area contributed by atoms with Gasteiger partial charge in [-0.05, 0) is 112 Å². The third-order valence-corrected chi connectivity index (χ3v) is 18.7. The number of ketones is 1. The zero-order valence-corrected chi connectivity index (χ0v) is 50.5. The fourth-order valence-electron chi connectivity index (χ4n) is 13.5. The lowest BCUT2D eigenvalue weighted by Crippen LogP contribution is -2.59. The fourth-order valence-corrected chi connectivity index (χ4v) is 13.5. The van der Waals surface area contributed by atoms with Crippen LogP contribution in [0.4, 0.5) is 0 Å². The molecule has 456 valence electrons. The summed E-state index contributed by atoms with van der Waals surface area (Å²) in [5, 5.41) is 18.6. The van der Waals surface area contributed by atoms with Gasteiger partial charge in [-0.2, -0.15) is 0 Å². The largest absolute Gasteiger partial charge is 0.354 e. The van der Waals surface area contributed by atoms with Crippen LogP contribution >= 0.6 is 0 Å². The Kier molecular flexibility index (Phi) is 23.9. The number of carbonyl (C=O) groups is 8. The standard InChI is InChI=1S/C69H92N8O8/c1-5-46(2)63(79)73-60(53-37-22-11-23-38-53)69(85)77-44-25-40-56(77)65(81)75-62(59(51-33-18-9-19-34-51)52-35-20-10-21-36-52)67(83)72-42-26-41-71-66(82)61(58(49-29-14-7-15-30-49)50-31-16-8-17-32-50)74-64(80)55-39-24-43-76(55)68(84)54(45-57(78)47(3)70-4)48-27-12-6-13-28-48/h7-10,14-21,29-36,46-48,53-56,58-62,70H,5-6,11-13,22-28,37-45H2,1-4H3,(H,71,82)(H,72,83)(H,73,79)(H,74,80)(H,75,81)/t46-,47-,54+,55+,56+,60+,61+,62+/m1/s1. The van der Waals surface area contributed by atoms with Crippen molar-refractivity contribution in [3.05, 3.63) is 144 Å². The third kappa shape index (κ3) is 16.6. The predicted molar refractivity (Wildman–Crippen MR) is 330 cm³/mol. The van der Waals surface area contributed by atoms with Gasteiger partial charge in [-0.3, -0.25) is 38.4 Å². The van der Waals surface area contributed by atoms with Crippen LogP contribution < -0.4 is 31.9 Å². The topological polar surface area (TPSA) is 215 Å². The minimum Gasteiger partial charge on any atom is -0.354 e. The van der Waals surface area contributed by atoms with E-state index in [1.165, 1.54) is 0 Å². The molecular weight excluding hydrogens is 1070 g/mol. The van der Waals surface area contributed by atoms with Crippen LogP contribution in [0.1, 0.15) is 164 Å². The van der Waals surface area contributed by atoms with E-state index in [1.807, 2.05) is 142 Å². The van der Waals surface area contributed by atoms with Crippen molar-refractivity contribution < 1.29 is 38.4 Å². The number of hydrogen-bond acceptors (Lipinski definition) is 9. The lowest BCUT2D eigenvalue weighted by Gasteiger charge is -2.36. The van der Waals surface area contributed by atoms with Gasteiger partial charge in [0, 0.05) is 56.3 Å². The van der Waals surface area contributed by atoms with E-state index in [4.69, 9.17) is 0 Å². The Morgan fingerprint density at radius 2 is 0.882 bits per heavy atom. The third-order valence-electron chi connectivity index (χ3n) is 18.7. The molecule has 4 fully saturated rings. The number of carbonyl (C=O) groups excluding carboxylic acids is 8. The van der Waals surface area contributed by atoms with E-state index >= 15 is 0 Å². The molecule has 16 nitrogen and oxygen atoms in total. The molecule has 6 N–H and O–H groups in total. The minimum atomic E-state index is -1.13. The highest BCUT2D eigenvalue weighted by Crippen LogP contribution is 2.37. The van der Waals surface area contributed by atoms with Gasteiger partial charge in [0.15, 0.2) is 0 Å². The normalized spacial score (nSPS) is 19.7. The maximum Gasteiger partial charge on any atom is 0.246 e. The summed E-state index contributed by atoms with van der Waals surface area (Å²) in [7, 11) is 1.74. The summed E-state index contributed by atoms with van der Waals surface area (Å²) < 4.78 is 0. The molecule has 0 spiro atoms. The molecule has 2 aliphatic carbocycles. The highest BCUT2D eigenvalue weighted by atomic mass is 16.2. The van der Waals surface area contributed by atoms with E-state index < -0.39 is 77.6 Å². The summed E-state index contributed by atoms with van der Waals surface area (Å²) in [4.78, 5) is 119. The molecule has 16 heteroatoms. The van der Waals surface area contributed by atoms with Crippen LogP contribution in [0.2, 0.25) is 0 Å². The van der Waals surface area contributed by atoms with Gasteiger partial charge in [0.05, 0.1) is 6.04 Å². The van der Waals surface area contributed by atoms with Gasteiger partial charge in [0.25, 0.3) is 0 Å². The van der Waals surface area contributed by atoms with Gasteiger partial charge in [0.2, 0.25) is 41.4 Å². The van der Waals surface area contributed by atoms with E-state index in [1.54, 1.807) is 16.8 Å². The second-order valence-corrected chi connectivity index (χ2v) is 24.3. The molecule has 4 aliphatic rings. The van der Waals surface area contributed by atoms with Crippen molar-refractivity contribution in [2.45, 2.75) is 178 Å². The predicted octanol–water partition coefficient (Wildman–Crippen LogP) is 8.10. The number of Topliss-reactive ketones (excluding diaryl/α,β-unsaturated/α-hetero) is 1. The molecule has 0 aromatic heterocycles. The number of likely N-dealkylation sites (N-methyl/N-ethyl adjacent to an activating group) is 1. The highest BCUT2D eigenvalue weighted by molar-refractivity contribution is 5.97. The molecule has 2 saturated heterocycles. The Labute approximate surface area is 503 Å². The zero-order valence-electron chi connectivity index (χ0n) is 50.5. The van der Waals surface area contributed by atoms with E-state index in [-0.39, 0.29) is 67.2 Å². The molecule has 0 unspecified atom stereocenters. The molecular formula is C69H92N8O8. The quantitative estimate of drug-likeness (QED) is 0.0318. The maximum absolute atomic E-state index is 15.0. The van der Waals surface area contributed by atoms with Crippen molar-refractivity contribution >= 4 is 47.1 Å². The van der Waals surface area contributed by atoms with Crippen LogP contribution in [-0.4, -0.2) is 126 Å². The van der Waals surface area contributed by atoms with Crippen LogP contribution in [0, 0.1) is 23.7 Å². The van der Waals surface area contributed by atoms with E-state index in [0.717, 1.165) is 86.5 Å². The summed E-state index contributed by atoms with van der Waals surface area (Å²) in [6.07, 6.45) is 12.5. The van der Waals surface area contributed by atoms with Gasteiger partial charge >= 0.3 is 0 Å². The average Bonchev–Trinajstić information content (AvgIpc) is 4.09. The molecule has 0 radical (unpaired) electrons. The Hall–Kier alpha value is -7.20. The molecule has 2 saturated carbocycles. The Morgan fingerprint density at radius 1 is 0.482 bits per heavy atom. The monoisotopic (exact) mass is 1160 g/mol. The summed E-state index contributed by atoms with van der Waals surface area (Å²) in [6.45, 7) is 6.57. The van der Waals surface area contributed by atoms with Crippen LogP contribution in [0.3, 0.4) is 0 Å². The SMILES string of the molecule is CC[C@@H](C)C(=O)N[C@H](C(=O)N1CCC[C@H]1C(=O)N[C@H](C(=O)NCCCNC(=O)[C@@H](NC(=O)[C@@H]1CCCN1C(=O)[C@@H](CC(=O)[C@@H](C)NC)C1CCCCC1)C(c1ccccc1)c1ccccc1)C(c1ccccc1)c1ccccc1)C1CCCCC1. The molecule has 7 amide bonds. The number of likely N-dealkylation sites (tertiary alicyclic amines) is 2. The smallest absolute Gasteiger partial charge is 0.246 e. The Morgan fingerprint density at radius 3 is 1.28 bits per heavy atom. The zero-order chi connectivity index (χ0) is 60.2. The van der Waals surface area contributed by atoms with Crippen LogP contribution in [-0.2, 0) is 38.4 Å². The number of amides is 7. The van der Waals surface area contributed by atoms with Crippen LogP contribution in [0.25, 0.3) is 0 Å². The number of hydrogen-bond donors (Lipinski definition) is 6. The van der Waals surface area contributed by atoms with E-state index in [9.17, 15) is 38.4 Å². The number of benzene rings is 4. The van der Waals surface area contributed by atoms with Crippen molar-refractivity contribution in [1.29, 1.82) is 0 Å². The van der Waals surface area contributed by atoms with Crippen molar-refractivity contribution in [1.82, 2.24) is 41.7 Å². The Bertz CT molecular complexity index is 2560. The van der Waals surface area contributed by atoms with Gasteiger partial charge in [-0.15, -0.1) is 0 Å². The number of nitrogens with zero attached hydrogens (tertiary/aromatic N) is 2. The van der Waals surface area contributed by atoms with Crippen LogP contribution in [0.15, 0.2) is 121 Å². The first-order valence-electron chi connectivity index (χ1n) is 31.8. The minimum absolute atomic E-state index is 0.0313. The molecule has 4 aromatic rings. The Balaban J connectivity index is 0.999. The van der Waals surface area contributed by atoms with E-state index in [2.05, 4.69) is 31.9 Å². The lowest BCUT2D eigenvalue weighted by molar-refractivity contribution is -0.145. The first-order chi connectivity index (χ1) is 41.3. The molecule has 8 rings (SSSR count). The molecule has 2 aliphatic heterocycles. The lowest BCUT2D eigenvalue weighted by atomic mass is 9.76. The molecule has 0 bridgehead atoms. The van der Waals surface area contributed by atoms with Crippen molar-refractivity contribution in [3.63, 3.8) is 0 Å². The molecule has 2 heterocycles. The van der Waals surface area contributed by atoms with Gasteiger partial charge in [-0.25, -0.2) is 0 Å². The number of rotatable bonds is 27. The highest BCUT2D eigenvalue weighted by Gasteiger charge is 2.45. The van der Waals surface area contributed by atoms with Gasteiger partial charge < -0.3 is 41.7 Å². The summed E-state index contributed by atoms with van der Waals surface area (Å²) in [5.74, 6) is -4.48. The molecule has 8 atom stereocenters. The number of nitrogens with one attached hydrogen (secondary N) is 6.